The van der Waals surface area contributed by atoms with Crippen LogP contribution >= 0.6 is 0 Å². The van der Waals surface area contributed by atoms with Gasteiger partial charge in [0, 0.05) is 42.8 Å². The number of halogens is 5. The Morgan fingerprint density at radius 1 is 1.25 bits per heavy atom. The van der Waals surface area contributed by atoms with Gasteiger partial charge in [-0.25, -0.2) is 13.8 Å². The molecular weight excluding hydrogens is 327 g/mol. The minimum Gasteiger partial charge on any atom is -0.331 e. The molecule has 1 aromatic rings. The molecule has 2 heterocycles. The number of alkyl halides is 3. The maximum atomic E-state index is 14.3. The third-order valence-corrected chi connectivity index (χ3v) is 4.39. The molecule has 0 saturated heterocycles. The van der Waals surface area contributed by atoms with Crippen molar-refractivity contribution in [1.29, 1.82) is 0 Å². The predicted octanol–water partition coefficient (Wildman–Crippen LogP) is 4.98. The fourth-order valence-electron chi connectivity index (χ4n) is 3.35. The summed E-state index contributed by atoms with van der Waals surface area (Å²) in [4.78, 5) is 4.07. The van der Waals surface area contributed by atoms with Gasteiger partial charge in [0.2, 0.25) is 0 Å². The van der Waals surface area contributed by atoms with Crippen molar-refractivity contribution in [2.45, 2.75) is 44.8 Å². The largest absolute Gasteiger partial charge is 0.394 e. The van der Waals surface area contributed by atoms with Crippen LogP contribution in [0.3, 0.4) is 0 Å². The molecule has 2 nitrogen and oxygen atoms in total. The van der Waals surface area contributed by atoms with E-state index in [9.17, 15) is 22.0 Å². The van der Waals surface area contributed by atoms with Gasteiger partial charge in [-0.05, 0) is 18.9 Å². The molecule has 1 aliphatic carbocycles. The second kappa shape index (κ2) is 6.53. The van der Waals surface area contributed by atoms with Gasteiger partial charge < -0.3 is 4.57 Å². The maximum Gasteiger partial charge on any atom is 0.394 e. The van der Waals surface area contributed by atoms with Crippen molar-refractivity contribution in [2.75, 3.05) is 0 Å². The number of hydrogen-bond acceptors (Lipinski definition) is 1. The maximum absolute atomic E-state index is 14.3. The first-order chi connectivity index (χ1) is 11.3. The first-order valence-electron chi connectivity index (χ1n) is 7.86. The van der Waals surface area contributed by atoms with Crippen molar-refractivity contribution >= 4 is 0 Å². The summed E-state index contributed by atoms with van der Waals surface area (Å²) in [6, 6.07) is 0. The van der Waals surface area contributed by atoms with Gasteiger partial charge in [-0.1, -0.05) is 12.2 Å². The van der Waals surface area contributed by atoms with Crippen LogP contribution in [0.15, 0.2) is 41.7 Å². The van der Waals surface area contributed by atoms with E-state index < -0.39 is 30.2 Å². The van der Waals surface area contributed by atoms with Crippen LogP contribution in [0.25, 0.3) is 0 Å². The molecule has 1 aromatic heterocycles. The lowest BCUT2D eigenvalue weighted by molar-refractivity contribution is -0.128. The Hall–Kier alpha value is -1.92. The Bertz CT molecular complexity index is 709. The topological polar surface area (TPSA) is 17.8 Å². The Kier molecular flexibility index (Phi) is 4.60. The molecule has 24 heavy (non-hydrogen) atoms. The standard InChI is InChI=1S/C17H17F5N2/c18-13-5-1-2-6-14(19)16(13)11-4-3-7-15-23-9-12(24(15)10-11)8-17(20,21)22/h1-2,5,9,11H,3-4,6-8,10H2. The minimum atomic E-state index is -4.35. The van der Waals surface area contributed by atoms with E-state index in [1.165, 1.54) is 29.0 Å². The highest BCUT2D eigenvalue weighted by atomic mass is 19.4. The molecule has 0 bridgehead atoms. The lowest BCUT2D eigenvalue weighted by Crippen LogP contribution is -2.19. The zero-order valence-corrected chi connectivity index (χ0v) is 12.9. The summed E-state index contributed by atoms with van der Waals surface area (Å²) >= 11 is 0. The fourth-order valence-corrected chi connectivity index (χ4v) is 3.35. The van der Waals surface area contributed by atoms with Gasteiger partial charge in [0.1, 0.15) is 17.5 Å². The van der Waals surface area contributed by atoms with E-state index in [-0.39, 0.29) is 24.2 Å². The molecule has 0 amide bonds. The van der Waals surface area contributed by atoms with Crippen LogP contribution in [0.1, 0.15) is 30.8 Å². The van der Waals surface area contributed by atoms with E-state index in [1.54, 1.807) is 0 Å². The fraction of sp³-hybridized carbons (Fsp3) is 0.471. The Balaban J connectivity index is 1.93. The van der Waals surface area contributed by atoms with Gasteiger partial charge in [0.25, 0.3) is 0 Å². The summed E-state index contributed by atoms with van der Waals surface area (Å²) in [6.07, 6.45) is 1.62. The van der Waals surface area contributed by atoms with Gasteiger partial charge in [0.05, 0.1) is 6.42 Å². The Morgan fingerprint density at radius 2 is 2.04 bits per heavy atom. The number of rotatable bonds is 2. The number of allylic oxidation sites excluding steroid dienone is 6. The number of hydrogen-bond donors (Lipinski definition) is 0. The van der Waals surface area contributed by atoms with Crippen LogP contribution in [-0.2, 0) is 19.4 Å². The molecule has 3 rings (SSSR count). The number of imidazole rings is 1. The molecular formula is C17H17F5N2. The molecule has 1 aliphatic heterocycles. The Labute approximate surface area is 136 Å². The van der Waals surface area contributed by atoms with Crippen molar-refractivity contribution in [3.63, 3.8) is 0 Å². The highest BCUT2D eigenvalue weighted by Crippen LogP contribution is 2.36. The molecule has 2 aliphatic rings. The molecule has 0 spiro atoms. The highest BCUT2D eigenvalue weighted by molar-refractivity contribution is 5.36. The lowest BCUT2D eigenvalue weighted by atomic mass is 9.91. The number of fused-ring (bicyclic) bond motifs is 1. The van der Waals surface area contributed by atoms with Crippen molar-refractivity contribution in [3.8, 4) is 0 Å². The highest BCUT2D eigenvalue weighted by Gasteiger charge is 2.32. The van der Waals surface area contributed by atoms with Crippen LogP contribution < -0.4 is 0 Å². The van der Waals surface area contributed by atoms with Crippen molar-refractivity contribution in [3.05, 3.63) is 53.2 Å². The normalized spacial score (nSPS) is 22.0. The zero-order valence-electron chi connectivity index (χ0n) is 12.9. The SMILES string of the molecule is FC1=CC=CCC(F)=C1C1CCCc2ncc(CC(F)(F)F)n2C1. The van der Waals surface area contributed by atoms with Crippen molar-refractivity contribution < 1.29 is 22.0 Å². The van der Waals surface area contributed by atoms with Crippen LogP contribution in [0.5, 0.6) is 0 Å². The van der Waals surface area contributed by atoms with E-state index in [0.29, 0.717) is 25.1 Å². The second-order valence-corrected chi connectivity index (χ2v) is 6.12. The molecule has 0 N–H and O–H groups in total. The van der Waals surface area contributed by atoms with Crippen LogP contribution in [0.2, 0.25) is 0 Å². The van der Waals surface area contributed by atoms with E-state index in [4.69, 9.17) is 0 Å². The average molecular weight is 344 g/mol. The van der Waals surface area contributed by atoms with Crippen molar-refractivity contribution in [1.82, 2.24) is 9.55 Å². The molecule has 0 fully saturated rings. The van der Waals surface area contributed by atoms with Gasteiger partial charge in [-0.3, -0.25) is 0 Å². The van der Waals surface area contributed by atoms with Gasteiger partial charge in [0.15, 0.2) is 0 Å². The first-order valence-corrected chi connectivity index (χ1v) is 7.86. The molecule has 1 atom stereocenters. The van der Waals surface area contributed by atoms with E-state index in [0.717, 1.165) is 0 Å². The van der Waals surface area contributed by atoms with Crippen molar-refractivity contribution in [2.24, 2.45) is 5.92 Å². The van der Waals surface area contributed by atoms with Crippen LogP contribution in [0, 0.1) is 5.92 Å². The van der Waals surface area contributed by atoms with E-state index in [2.05, 4.69) is 4.98 Å². The summed E-state index contributed by atoms with van der Waals surface area (Å²) in [5, 5.41) is 0. The zero-order chi connectivity index (χ0) is 17.3. The van der Waals surface area contributed by atoms with Gasteiger partial charge in [-0.15, -0.1) is 0 Å². The molecule has 130 valence electrons. The van der Waals surface area contributed by atoms with Crippen LogP contribution in [0.4, 0.5) is 22.0 Å². The summed E-state index contributed by atoms with van der Waals surface area (Å²) in [5.74, 6) is -1.15. The minimum absolute atomic E-state index is 0.00193. The third-order valence-electron chi connectivity index (χ3n) is 4.39. The summed E-state index contributed by atoms with van der Waals surface area (Å²) < 4.78 is 68.2. The molecule has 1 unspecified atom stereocenters. The molecule has 0 aromatic carbocycles. The molecule has 0 saturated carbocycles. The predicted molar refractivity (Wildman–Crippen MR) is 79.5 cm³/mol. The van der Waals surface area contributed by atoms with E-state index >= 15 is 0 Å². The molecule has 7 heteroatoms. The quantitative estimate of drug-likeness (QED) is 0.692. The number of aromatic nitrogens is 2. The summed E-state index contributed by atoms with van der Waals surface area (Å²) in [6.45, 7) is 0.116. The third kappa shape index (κ3) is 3.60. The molecule has 0 radical (unpaired) electrons. The lowest BCUT2D eigenvalue weighted by Gasteiger charge is -2.20. The van der Waals surface area contributed by atoms with Gasteiger partial charge >= 0.3 is 6.18 Å². The Morgan fingerprint density at radius 3 is 2.79 bits per heavy atom. The average Bonchev–Trinajstić information content (AvgIpc) is 2.66. The summed E-state index contributed by atoms with van der Waals surface area (Å²) in [7, 11) is 0. The van der Waals surface area contributed by atoms with Gasteiger partial charge in [-0.2, -0.15) is 13.2 Å². The number of nitrogens with zero attached hydrogens (tertiary/aromatic N) is 2. The van der Waals surface area contributed by atoms with E-state index in [1.807, 2.05) is 0 Å². The second-order valence-electron chi connectivity index (χ2n) is 6.12. The monoisotopic (exact) mass is 344 g/mol. The summed E-state index contributed by atoms with van der Waals surface area (Å²) in [5.41, 5.74) is 0.0288. The first kappa shape index (κ1) is 16.9. The van der Waals surface area contributed by atoms with Crippen LogP contribution in [-0.4, -0.2) is 15.7 Å². The smallest absolute Gasteiger partial charge is 0.331 e. The number of aryl methyl sites for hydroxylation is 1.